The predicted octanol–water partition coefficient (Wildman–Crippen LogP) is 1.57. The number of nitrogens with two attached hydrogens (primary N) is 1. The molecule has 0 aliphatic carbocycles. The molecule has 0 bridgehead atoms. The molecule has 3 N–H and O–H groups in total. The first kappa shape index (κ1) is 21.9. The average Bonchev–Trinajstić information content (AvgIpc) is 2.94. The Labute approximate surface area is 146 Å². The molecule has 3 atom stereocenters. The van der Waals surface area contributed by atoms with Gasteiger partial charge in [0.2, 0.25) is 5.91 Å². The van der Waals surface area contributed by atoms with Gasteiger partial charge in [0.15, 0.2) is 0 Å². The van der Waals surface area contributed by atoms with E-state index in [0.717, 1.165) is 31.8 Å². The lowest BCUT2D eigenvalue weighted by Crippen LogP contribution is -2.47. The topological polar surface area (TPSA) is 67.6 Å². The summed E-state index contributed by atoms with van der Waals surface area (Å²) < 4.78 is 5.61. The van der Waals surface area contributed by atoms with Crippen LogP contribution >= 0.6 is 24.8 Å². The van der Waals surface area contributed by atoms with Gasteiger partial charge in [-0.2, -0.15) is 0 Å². The van der Waals surface area contributed by atoms with Gasteiger partial charge in [-0.15, -0.1) is 24.8 Å². The zero-order valence-corrected chi connectivity index (χ0v) is 15.3. The maximum atomic E-state index is 12.1. The number of hydrogen-bond donors (Lipinski definition) is 2. The van der Waals surface area contributed by atoms with Crippen LogP contribution in [0.2, 0.25) is 0 Å². The van der Waals surface area contributed by atoms with Crippen LogP contribution in [0.4, 0.5) is 0 Å². The summed E-state index contributed by atoms with van der Waals surface area (Å²) in [6, 6.07) is 0.401. The van der Waals surface area contributed by atoms with E-state index in [1.807, 2.05) is 0 Å². The number of carbonyl (C=O) groups excluding carboxylic acids is 1. The third-order valence-corrected chi connectivity index (χ3v) is 4.68. The van der Waals surface area contributed by atoms with E-state index < -0.39 is 0 Å². The second-order valence-electron chi connectivity index (χ2n) is 6.37. The summed E-state index contributed by atoms with van der Waals surface area (Å²) in [6.45, 7) is 8.01. The van der Waals surface area contributed by atoms with E-state index in [0.29, 0.717) is 19.1 Å². The molecule has 2 fully saturated rings. The van der Waals surface area contributed by atoms with Crippen molar-refractivity contribution in [3.05, 3.63) is 0 Å². The Balaban J connectivity index is 0.00000220. The number of ether oxygens (including phenoxy) is 1. The van der Waals surface area contributed by atoms with Gasteiger partial charge in [-0.3, -0.25) is 9.69 Å². The summed E-state index contributed by atoms with van der Waals surface area (Å²) in [4.78, 5) is 14.5. The highest BCUT2D eigenvalue weighted by molar-refractivity contribution is 5.85. The maximum absolute atomic E-state index is 12.1. The van der Waals surface area contributed by atoms with Gasteiger partial charge in [0.05, 0.1) is 6.10 Å². The number of halogens is 2. The lowest BCUT2D eigenvalue weighted by atomic mass is 9.98. The van der Waals surface area contributed by atoms with Crippen LogP contribution in [0.5, 0.6) is 0 Å². The van der Waals surface area contributed by atoms with E-state index in [1.165, 1.54) is 12.8 Å². The second-order valence-corrected chi connectivity index (χ2v) is 6.37. The van der Waals surface area contributed by atoms with E-state index in [2.05, 4.69) is 24.1 Å². The van der Waals surface area contributed by atoms with Crippen LogP contribution in [-0.2, 0) is 9.53 Å². The van der Waals surface area contributed by atoms with Crippen molar-refractivity contribution in [1.29, 1.82) is 0 Å². The lowest BCUT2D eigenvalue weighted by molar-refractivity contribution is -0.132. The van der Waals surface area contributed by atoms with Crippen molar-refractivity contribution in [2.24, 2.45) is 11.7 Å². The van der Waals surface area contributed by atoms with Crippen LogP contribution < -0.4 is 11.1 Å². The van der Waals surface area contributed by atoms with Gasteiger partial charge in [0, 0.05) is 19.1 Å². The van der Waals surface area contributed by atoms with E-state index >= 15 is 0 Å². The summed E-state index contributed by atoms with van der Waals surface area (Å²) in [5.41, 5.74) is 5.56. The quantitative estimate of drug-likeness (QED) is 0.785. The fourth-order valence-electron chi connectivity index (χ4n) is 3.03. The molecule has 2 aliphatic heterocycles. The first-order valence-electron chi connectivity index (χ1n) is 7.97. The Hall–Kier alpha value is -0.0700. The predicted molar refractivity (Wildman–Crippen MR) is 93.9 cm³/mol. The molecule has 1 unspecified atom stereocenters. The smallest absolute Gasteiger partial charge is 0.249 e. The monoisotopic (exact) mass is 355 g/mol. The Morgan fingerprint density at radius 3 is 2.45 bits per heavy atom. The summed E-state index contributed by atoms with van der Waals surface area (Å²) in [7, 11) is 0. The zero-order valence-electron chi connectivity index (χ0n) is 13.6. The van der Waals surface area contributed by atoms with E-state index in [-0.39, 0.29) is 42.9 Å². The van der Waals surface area contributed by atoms with Crippen molar-refractivity contribution in [3.63, 3.8) is 0 Å². The molecule has 132 valence electrons. The molecule has 2 saturated heterocycles. The molecule has 2 heterocycles. The van der Waals surface area contributed by atoms with Crippen molar-refractivity contribution >= 4 is 30.7 Å². The van der Waals surface area contributed by atoms with Gasteiger partial charge in [0.1, 0.15) is 6.10 Å². The molecule has 0 radical (unpaired) electrons. The molecular formula is C15H31Cl2N3O2. The number of amides is 1. The van der Waals surface area contributed by atoms with Gasteiger partial charge in [-0.1, -0.05) is 6.92 Å². The third-order valence-electron chi connectivity index (χ3n) is 4.68. The summed E-state index contributed by atoms with van der Waals surface area (Å²) in [5.74, 6) is 0.867. The van der Waals surface area contributed by atoms with Crippen molar-refractivity contribution in [2.45, 2.75) is 57.8 Å². The van der Waals surface area contributed by atoms with Crippen LogP contribution in [0.1, 0.15) is 39.5 Å². The molecule has 22 heavy (non-hydrogen) atoms. The normalized spacial score (nSPS) is 27.6. The largest absolute Gasteiger partial charge is 0.364 e. The minimum Gasteiger partial charge on any atom is -0.364 e. The van der Waals surface area contributed by atoms with E-state index in [1.54, 1.807) is 0 Å². The SMILES string of the molecule is CC1CCN(C(C)CNC(=O)[C@@H]2CC[C@H](CN)O2)CC1.Cl.Cl. The Kier molecular flexibility index (Phi) is 10.6. The molecule has 2 rings (SSSR count). The van der Waals surface area contributed by atoms with Crippen LogP contribution in [0, 0.1) is 5.92 Å². The number of piperidine rings is 1. The average molecular weight is 356 g/mol. The highest BCUT2D eigenvalue weighted by Crippen LogP contribution is 2.19. The highest BCUT2D eigenvalue weighted by atomic mass is 35.5. The van der Waals surface area contributed by atoms with Gasteiger partial charge < -0.3 is 15.8 Å². The van der Waals surface area contributed by atoms with Crippen molar-refractivity contribution < 1.29 is 9.53 Å². The van der Waals surface area contributed by atoms with E-state index in [4.69, 9.17) is 10.5 Å². The minimum absolute atomic E-state index is 0. The van der Waals surface area contributed by atoms with Crippen LogP contribution in [0.25, 0.3) is 0 Å². The summed E-state index contributed by atoms with van der Waals surface area (Å²) in [6.07, 6.45) is 3.99. The molecule has 2 aliphatic rings. The number of nitrogens with zero attached hydrogens (tertiary/aromatic N) is 1. The van der Waals surface area contributed by atoms with Crippen molar-refractivity contribution in [2.75, 3.05) is 26.2 Å². The second kappa shape index (κ2) is 10.7. The van der Waals surface area contributed by atoms with E-state index in [9.17, 15) is 4.79 Å². The summed E-state index contributed by atoms with van der Waals surface area (Å²) >= 11 is 0. The van der Waals surface area contributed by atoms with Crippen molar-refractivity contribution in [1.82, 2.24) is 10.2 Å². The van der Waals surface area contributed by atoms with Gasteiger partial charge in [-0.05, 0) is 51.6 Å². The molecule has 7 heteroatoms. The molecule has 0 saturated carbocycles. The number of carbonyl (C=O) groups is 1. The zero-order chi connectivity index (χ0) is 14.5. The Morgan fingerprint density at radius 2 is 1.91 bits per heavy atom. The minimum atomic E-state index is -0.294. The Bertz CT molecular complexity index is 326. The van der Waals surface area contributed by atoms with Crippen LogP contribution in [0.3, 0.4) is 0 Å². The molecule has 0 aromatic carbocycles. The molecule has 0 aromatic rings. The van der Waals surface area contributed by atoms with Gasteiger partial charge in [0.25, 0.3) is 0 Å². The molecular weight excluding hydrogens is 325 g/mol. The van der Waals surface area contributed by atoms with Crippen LogP contribution in [0.15, 0.2) is 0 Å². The first-order valence-corrected chi connectivity index (χ1v) is 7.97. The fraction of sp³-hybridized carbons (Fsp3) is 0.933. The molecule has 0 aromatic heterocycles. The molecule has 5 nitrogen and oxygen atoms in total. The van der Waals surface area contributed by atoms with Crippen LogP contribution in [-0.4, -0.2) is 55.2 Å². The maximum Gasteiger partial charge on any atom is 0.249 e. The fourth-order valence-corrected chi connectivity index (χ4v) is 3.03. The summed E-state index contributed by atoms with van der Waals surface area (Å²) in [5, 5.41) is 3.03. The highest BCUT2D eigenvalue weighted by Gasteiger charge is 2.30. The number of likely N-dealkylation sites (tertiary alicyclic amines) is 1. The lowest BCUT2D eigenvalue weighted by Gasteiger charge is -2.35. The number of rotatable bonds is 5. The number of hydrogen-bond acceptors (Lipinski definition) is 4. The van der Waals surface area contributed by atoms with Gasteiger partial charge >= 0.3 is 0 Å². The third kappa shape index (κ3) is 6.20. The number of nitrogens with one attached hydrogen (secondary N) is 1. The molecule has 1 amide bonds. The molecule has 0 spiro atoms. The van der Waals surface area contributed by atoms with Crippen molar-refractivity contribution in [3.8, 4) is 0 Å². The van der Waals surface area contributed by atoms with Gasteiger partial charge in [-0.25, -0.2) is 0 Å². The first-order chi connectivity index (χ1) is 9.60. The Morgan fingerprint density at radius 1 is 1.27 bits per heavy atom. The standard InChI is InChI=1S/C15H29N3O2.2ClH/c1-11-5-7-18(8-6-11)12(2)10-17-15(19)14-4-3-13(9-16)20-14;;/h11-14H,3-10,16H2,1-2H3,(H,17,19);2*1H/t12?,13-,14+;;/m1../s1.